The SMILES string of the molecule is CCN(Cc1ccccc1)C(=O)CSc1nc2ccccc2c(=O)n1-c1ccc(C)c(Cl)c1. The lowest BCUT2D eigenvalue weighted by Gasteiger charge is -2.21. The van der Waals surface area contributed by atoms with Gasteiger partial charge in [0, 0.05) is 18.1 Å². The molecule has 5 nitrogen and oxygen atoms in total. The van der Waals surface area contributed by atoms with Crippen LogP contribution in [0.25, 0.3) is 16.6 Å². The molecule has 0 fully saturated rings. The lowest BCUT2D eigenvalue weighted by molar-refractivity contribution is -0.128. The third-order valence-electron chi connectivity index (χ3n) is 5.43. The van der Waals surface area contributed by atoms with Crippen LogP contribution in [0.2, 0.25) is 5.02 Å². The molecule has 1 amide bonds. The van der Waals surface area contributed by atoms with Gasteiger partial charge in [0.1, 0.15) is 0 Å². The first kappa shape index (κ1) is 23.1. The average molecular weight is 478 g/mol. The number of amides is 1. The molecule has 0 aliphatic heterocycles. The second kappa shape index (κ2) is 10.2. The number of carbonyl (C=O) groups excluding carboxylic acids is 1. The number of rotatable bonds is 7. The summed E-state index contributed by atoms with van der Waals surface area (Å²) in [4.78, 5) is 32.9. The highest BCUT2D eigenvalue weighted by Crippen LogP contribution is 2.25. The van der Waals surface area contributed by atoms with Crippen molar-refractivity contribution in [3.8, 4) is 5.69 Å². The molecule has 0 N–H and O–H groups in total. The predicted octanol–water partition coefficient (Wildman–Crippen LogP) is 5.49. The molecule has 168 valence electrons. The molecule has 0 saturated carbocycles. The summed E-state index contributed by atoms with van der Waals surface area (Å²) < 4.78 is 1.54. The van der Waals surface area contributed by atoms with Gasteiger partial charge >= 0.3 is 0 Å². The van der Waals surface area contributed by atoms with Crippen LogP contribution in [0.4, 0.5) is 0 Å². The molecule has 0 spiro atoms. The fraction of sp³-hybridized carbons (Fsp3) is 0.192. The van der Waals surface area contributed by atoms with E-state index in [1.165, 1.54) is 11.8 Å². The highest BCUT2D eigenvalue weighted by Gasteiger charge is 2.18. The number of nitrogens with zero attached hydrogens (tertiary/aromatic N) is 3. The van der Waals surface area contributed by atoms with E-state index in [1.807, 2.05) is 74.5 Å². The third kappa shape index (κ3) is 5.13. The Morgan fingerprint density at radius 1 is 1.06 bits per heavy atom. The van der Waals surface area contributed by atoms with E-state index in [9.17, 15) is 9.59 Å². The number of benzene rings is 3. The van der Waals surface area contributed by atoms with Crippen molar-refractivity contribution in [2.75, 3.05) is 12.3 Å². The molecular weight excluding hydrogens is 454 g/mol. The van der Waals surface area contributed by atoms with Crippen LogP contribution in [-0.2, 0) is 11.3 Å². The summed E-state index contributed by atoms with van der Waals surface area (Å²) in [5.74, 6) is 0.160. The number of hydrogen-bond donors (Lipinski definition) is 0. The Morgan fingerprint density at radius 2 is 1.79 bits per heavy atom. The summed E-state index contributed by atoms with van der Waals surface area (Å²) in [6.45, 7) is 5.01. The summed E-state index contributed by atoms with van der Waals surface area (Å²) in [5, 5.41) is 1.55. The van der Waals surface area contributed by atoms with Crippen LogP contribution >= 0.6 is 23.4 Å². The molecule has 0 bridgehead atoms. The van der Waals surface area contributed by atoms with E-state index in [-0.39, 0.29) is 17.2 Å². The average Bonchev–Trinajstić information content (AvgIpc) is 2.83. The predicted molar refractivity (Wildman–Crippen MR) is 135 cm³/mol. The number of thioether (sulfide) groups is 1. The first-order valence-electron chi connectivity index (χ1n) is 10.7. The Balaban J connectivity index is 1.67. The molecule has 0 radical (unpaired) electrons. The van der Waals surface area contributed by atoms with Crippen molar-refractivity contribution in [2.24, 2.45) is 0 Å². The Morgan fingerprint density at radius 3 is 2.52 bits per heavy atom. The quantitative estimate of drug-likeness (QED) is 0.261. The summed E-state index contributed by atoms with van der Waals surface area (Å²) in [6.07, 6.45) is 0. The second-order valence-corrected chi connectivity index (χ2v) is 9.02. The molecule has 4 aromatic rings. The fourth-order valence-electron chi connectivity index (χ4n) is 3.56. The van der Waals surface area contributed by atoms with Gasteiger partial charge in [-0.3, -0.25) is 14.2 Å². The standard InChI is InChI=1S/C26H24ClN3O2S/c1-3-29(16-19-9-5-4-6-10-19)24(31)17-33-26-28-23-12-8-7-11-21(23)25(32)30(26)20-14-13-18(2)22(27)15-20/h4-15H,3,16-17H2,1-2H3. The summed E-state index contributed by atoms with van der Waals surface area (Å²) in [7, 11) is 0. The van der Waals surface area contributed by atoms with Crippen LogP contribution < -0.4 is 5.56 Å². The van der Waals surface area contributed by atoms with Gasteiger partial charge < -0.3 is 4.90 Å². The van der Waals surface area contributed by atoms with E-state index in [4.69, 9.17) is 16.6 Å². The van der Waals surface area contributed by atoms with Crippen LogP contribution in [0.15, 0.2) is 82.7 Å². The van der Waals surface area contributed by atoms with E-state index in [0.29, 0.717) is 39.9 Å². The molecule has 0 atom stereocenters. The minimum atomic E-state index is -0.188. The molecule has 3 aromatic carbocycles. The molecule has 0 aliphatic rings. The largest absolute Gasteiger partial charge is 0.338 e. The maximum Gasteiger partial charge on any atom is 0.266 e. The van der Waals surface area contributed by atoms with Crippen molar-refractivity contribution in [3.63, 3.8) is 0 Å². The Bertz CT molecular complexity index is 1360. The molecule has 33 heavy (non-hydrogen) atoms. The van der Waals surface area contributed by atoms with Gasteiger partial charge in [-0.05, 0) is 49.2 Å². The van der Waals surface area contributed by atoms with Crippen LogP contribution in [0, 0.1) is 6.92 Å². The van der Waals surface area contributed by atoms with Gasteiger partial charge in [0.15, 0.2) is 5.16 Å². The van der Waals surface area contributed by atoms with Crippen molar-refractivity contribution in [3.05, 3.63) is 99.3 Å². The summed E-state index contributed by atoms with van der Waals surface area (Å²) >= 11 is 7.61. The number of carbonyl (C=O) groups is 1. The van der Waals surface area contributed by atoms with E-state index in [2.05, 4.69) is 0 Å². The summed E-state index contributed by atoms with van der Waals surface area (Å²) in [5.41, 5.74) is 3.04. The van der Waals surface area contributed by atoms with Crippen LogP contribution in [0.5, 0.6) is 0 Å². The first-order chi connectivity index (χ1) is 16.0. The van der Waals surface area contributed by atoms with E-state index < -0.39 is 0 Å². The lowest BCUT2D eigenvalue weighted by atomic mass is 10.2. The van der Waals surface area contributed by atoms with Crippen LogP contribution in [0.3, 0.4) is 0 Å². The van der Waals surface area contributed by atoms with Gasteiger partial charge in [-0.1, -0.05) is 71.9 Å². The highest BCUT2D eigenvalue weighted by molar-refractivity contribution is 7.99. The number of para-hydroxylation sites is 1. The zero-order chi connectivity index (χ0) is 23.4. The molecule has 0 aliphatic carbocycles. The second-order valence-electron chi connectivity index (χ2n) is 7.67. The Hall–Kier alpha value is -3.09. The Kier molecular flexibility index (Phi) is 7.16. The van der Waals surface area contributed by atoms with Gasteiger partial charge in [0.2, 0.25) is 5.91 Å². The van der Waals surface area contributed by atoms with Gasteiger partial charge in [-0.2, -0.15) is 0 Å². The minimum absolute atomic E-state index is 0.0118. The molecule has 1 aromatic heterocycles. The number of fused-ring (bicyclic) bond motifs is 1. The monoisotopic (exact) mass is 477 g/mol. The summed E-state index contributed by atoms with van der Waals surface area (Å²) in [6, 6.07) is 22.6. The first-order valence-corrected chi connectivity index (χ1v) is 12.1. The zero-order valence-corrected chi connectivity index (χ0v) is 20.1. The van der Waals surface area contributed by atoms with E-state index >= 15 is 0 Å². The smallest absolute Gasteiger partial charge is 0.266 e. The van der Waals surface area contributed by atoms with Crippen LogP contribution in [0.1, 0.15) is 18.1 Å². The van der Waals surface area contributed by atoms with Crippen molar-refractivity contribution < 1.29 is 4.79 Å². The van der Waals surface area contributed by atoms with E-state index in [0.717, 1.165) is 11.1 Å². The van der Waals surface area contributed by atoms with Gasteiger partial charge in [0.25, 0.3) is 5.56 Å². The molecule has 0 saturated heterocycles. The molecule has 4 rings (SSSR count). The highest BCUT2D eigenvalue weighted by atomic mass is 35.5. The maximum atomic E-state index is 13.4. The van der Waals surface area contributed by atoms with E-state index in [1.54, 1.807) is 21.6 Å². The molecule has 1 heterocycles. The third-order valence-corrected chi connectivity index (χ3v) is 6.76. The molecule has 0 unspecified atom stereocenters. The molecular formula is C26H24ClN3O2S. The van der Waals surface area contributed by atoms with Crippen LogP contribution in [-0.4, -0.2) is 32.7 Å². The lowest BCUT2D eigenvalue weighted by Crippen LogP contribution is -2.32. The number of halogens is 1. The minimum Gasteiger partial charge on any atom is -0.338 e. The van der Waals surface area contributed by atoms with Crippen molar-refractivity contribution in [1.29, 1.82) is 0 Å². The van der Waals surface area contributed by atoms with Gasteiger partial charge in [0.05, 0.1) is 22.3 Å². The normalized spacial score (nSPS) is 11.0. The van der Waals surface area contributed by atoms with Crippen molar-refractivity contribution in [1.82, 2.24) is 14.5 Å². The topological polar surface area (TPSA) is 55.2 Å². The zero-order valence-electron chi connectivity index (χ0n) is 18.5. The van der Waals surface area contributed by atoms with Crippen molar-refractivity contribution in [2.45, 2.75) is 25.5 Å². The number of aryl methyl sites for hydroxylation is 1. The Labute approximate surface area is 202 Å². The van der Waals surface area contributed by atoms with Gasteiger partial charge in [-0.25, -0.2) is 4.98 Å². The fourth-order valence-corrected chi connectivity index (χ4v) is 4.65. The number of aromatic nitrogens is 2. The van der Waals surface area contributed by atoms with Crippen molar-refractivity contribution >= 4 is 40.2 Å². The maximum absolute atomic E-state index is 13.4. The number of hydrogen-bond acceptors (Lipinski definition) is 4. The molecule has 7 heteroatoms. The van der Waals surface area contributed by atoms with Gasteiger partial charge in [-0.15, -0.1) is 0 Å².